The molecule has 11 heteroatoms. The van der Waals surface area contributed by atoms with E-state index in [2.05, 4.69) is 5.10 Å². The van der Waals surface area contributed by atoms with Gasteiger partial charge in [0.05, 0.1) is 11.4 Å². The highest BCUT2D eigenvalue weighted by Gasteiger charge is 2.41. The Morgan fingerprint density at radius 1 is 1.09 bits per heavy atom. The lowest BCUT2D eigenvalue weighted by Crippen LogP contribution is -2.23. The highest BCUT2D eigenvalue weighted by Crippen LogP contribution is 2.44. The molecule has 3 rings (SSSR count). The van der Waals surface area contributed by atoms with Gasteiger partial charge < -0.3 is 4.90 Å². The number of thioether (sulfide) groups is 1. The summed E-state index contributed by atoms with van der Waals surface area (Å²) in [6.07, 6.45) is -2.86. The van der Waals surface area contributed by atoms with Gasteiger partial charge in [0.25, 0.3) is 0 Å². The molecule has 0 saturated heterocycles. The molecule has 0 unspecified atom stereocenters. The molecule has 1 heterocycles. The highest BCUT2D eigenvalue weighted by molar-refractivity contribution is 7.98. The largest absolute Gasteiger partial charge is 0.433 e. The van der Waals surface area contributed by atoms with E-state index < -0.39 is 21.9 Å². The Morgan fingerprint density at radius 3 is 2.25 bits per heavy atom. The summed E-state index contributed by atoms with van der Waals surface area (Å²) in [4.78, 5) is 2.34. The molecule has 2 N–H and O–H groups in total. The zero-order valence-corrected chi connectivity index (χ0v) is 19.4. The molecular weight excluding hydrogens is 461 g/mol. The van der Waals surface area contributed by atoms with Crippen molar-refractivity contribution in [3.63, 3.8) is 0 Å². The lowest BCUT2D eigenvalue weighted by molar-refractivity contribution is -0.143. The fraction of sp³-hybridized carbons (Fsp3) is 0.286. The van der Waals surface area contributed by atoms with E-state index in [1.807, 2.05) is 6.26 Å². The maximum absolute atomic E-state index is 14.3. The number of hydrogen-bond acceptors (Lipinski definition) is 5. The van der Waals surface area contributed by atoms with Crippen LogP contribution in [0, 0.1) is 0 Å². The van der Waals surface area contributed by atoms with Crippen LogP contribution in [0.2, 0.25) is 0 Å². The predicted molar refractivity (Wildman–Crippen MR) is 120 cm³/mol. The summed E-state index contributed by atoms with van der Waals surface area (Å²) in [5.74, 6) is 0. The number of rotatable bonds is 7. The highest BCUT2D eigenvalue weighted by atomic mass is 32.2. The zero-order valence-electron chi connectivity index (χ0n) is 17.7. The summed E-state index contributed by atoms with van der Waals surface area (Å²) in [7, 11) is -0.706. The topological polar surface area (TPSA) is 81.2 Å². The van der Waals surface area contributed by atoms with E-state index in [0.29, 0.717) is 6.54 Å². The quantitative estimate of drug-likeness (QED) is 0.509. The molecule has 32 heavy (non-hydrogen) atoms. The van der Waals surface area contributed by atoms with Crippen molar-refractivity contribution in [2.24, 2.45) is 5.14 Å². The van der Waals surface area contributed by atoms with E-state index >= 15 is 0 Å². The van der Waals surface area contributed by atoms with Gasteiger partial charge in [-0.25, -0.2) is 13.6 Å². The third kappa shape index (κ3) is 5.17. The van der Waals surface area contributed by atoms with Crippen LogP contribution in [0.25, 0.3) is 22.4 Å². The monoisotopic (exact) mass is 484 g/mol. The molecule has 0 saturated carbocycles. The van der Waals surface area contributed by atoms with E-state index in [1.165, 1.54) is 36.0 Å². The van der Waals surface area contributed by atoms with Gasteiger partial charge in [-0.3, -0.25) is 4.68 Å². The van der Waals surface area contributed by atoms with E-state index in [1.54, 1.807) is 43.3 Å². The number of nitrogens with zero attached hydrogens (tertiary/aromatic N) is 3. The van der Waals surface area contributed by atoms with Gasteiger partial charge in [-0.1, -0.05) is 30.3 Å². The number of likely N-dealkylation sites (N-methyl/N-ethyl adjacent to an activating group) is 1. The fourth-order valence-electron chi connectivity index (χ4n) is 3.34. The van der Waals surface area contributed by atoms with E-state index in [4.69, 9.17) is 5.14 Å². The van der Waals surface area contributed by atoms with Crippen LogP contribution in [0.4, 0.5) is 13.2 Å². The Labute approximate surface area is 189 Å². The molecule has 0 aliphatic heterocycles. The molecule has 1 aromatic heterocycles. The van der Waals surface area contributed by atoms with Crippen LogP contribution >= 0.6 is 11.8 Å². The van der Waals surface area contributed by atoms with Crippen LogP contribution in [0.1, 0.15) is 5.69 Å². The summed E-state index contributed by atoms with van der Waals surface area (Å²) in [5, 5.41) is 9.61. The van der Waals surface area contributed by atoms with Crippen molar-refractivity contribution in [3.05, 3.63) is 54.2 Å². The van der Waals surface area contributed by atoms with Crippen molar-refractivity contribution in [1.29, 1.82) is 0 Å². The second kappa shape index (κ2) is 9.26. The molecule has 0 bridgehead atoms. The second-order valence-corrected chi connectivity index (χ2v) is 9.78. The van der Waals surface area contributed by atoms with Gasteiger partial charge in [-0.05, 0) is 44.1 Å². The van der Waals surface area contributed by atoms with Gasteiger partial charge in [0.1, 0.15) is 5.69 Å². The first-order valence-electron chi connectivity index (χ1n) is 9.53. The van der Waals surface area contributed by atoms with E-state index in [9.17, 15) is 21.6 Å². The second-order valence-electron chi connectivity index (χ2n) is 7.37. The summed E-state index contributed by atoms with van der Waals surface area (Å²) in [6.45, 7) is 0.279. The number of hydrogen-bond donors (Lipinski definition) is 1. The first-order chi connectivity index (χ1) is 14.9. The standard InChI is InChI=1S/C21H23F3N4O2S2/c1-27(2)12-13-28-20(21(22,23)24)18(14-8-10-15(31-3)11-9-14)19(26-28)16-6-4-5-7-17(16)32(25,29)30/h4-11H,12-13H2,1-3H3,(H2,25,29,30). The van der Waals surface area contributed by atoms with Gasteiger partial charge in [0, 0.05) is 22.6 Å². The first kappa shape index (κ1) is 24.3. The fourth-order valence-corrected chi connectivity index (χ4v) is 4.48. The Morgan fingerprint density at radius 2 is 1.72 bits per heavy atom. The number of aromatic nitrogens is 2. The lowest BCUT2D eigenvalue weighted by atomic mass is 9.98. The Bertz CT molecular complexity index is 1200. The number of benzene rings is 2. The normalized spacial score (nSPS) is 12.5. The van der Waals surface area contributed by atoms with Crippen LogP contribution in [0.15, 0.2) is 58.3 Å². The number of alkyl halides is 3. The van der Waals surface area contributed by atoms with Crippen molar-refractivity contribution >= 4 is 21.8 Å². The Kier molecular flexibility index (Phi) is 7.03. The zero-order chi connectivity index (χ0) is 23.7. The molecule has 3 aromatic rings. The van der Waals surface area contributed by atoms with Gasteiger partial charge in [0.15, 0.2) is 5.69 Å². The van der Waals surface area contributed by atoms with Crippen LogP contribution in [0.3, 0.4) is 0 Å². The van der Waals surface area contributed by atoms with Crippen LogP contribution < -0.4 is 5.14 Å². The van der Waals surface area contributed by atoms with Gasteiger partial charge in [-0.15, -0.1) is 11.8 Å². The maximum Gasteiger partial charge on any atom is 0.433 e. The number of nitrogens with two attached hydrogens (primary N) is 1. The summed E-state index contributed by atoms with van der Waals surface area (Å²) in [6, 6.07) is 12.3. The minimum atomic E-state index is -4.72. The van der Waals surface area contributed by atoms with E-state index in [0.717, 1.165) is 9.58 Å². The lowest BCUT2D eigenvalue weighted by Gasteiger charge is -2.15. The van der Waals surface area contributed by atoms with Crippen molar-refractivity contribution in [2.45, 2.75) is 22.5 Å². The predicted octanol–water partition coefficient (Wildman–Crippen LogP) is 4.17. The third-order valence-electron chi connectivity index (χ3n) is 4.81. The van der Waals surface area contributed by atoms with Gasteiger partial charge in [-0.2, -0.15) is 18.3 Å². The average molecular weight is 485 g/mol. The molecule has 0 aliphatic rings. The smallest absolute Gasteiger partial charge is 0.308 e. The molecular formula is C21H23F3N4O2S2. The maximum atomic E-state index is 14.3. The van der Waals surface area contributed by atoms with Crippen LogP contribution in [0.5, 0.6) is 0 Å². The summed E-state index contributed by atoms with van der Waals surface area (Å²) in [5.41, 5.74) is -0.897. The average Bonchev–Trinajstić information content (AvgIpc) is 3.11. The van der Waals surface area contributed by atoms with Gasteiger partial charge >= 0.3 is 6.18 Å². The first-order valence-corrected chi connectivity index (χ1v) is 12.3. The molecule has 0 amide bonds. The van der Waals surface area contributed by atoms with Crippen molar-refractivity contribution in [3.8, 4) is 22.4 Å². The third-order valence-corrected chi connectivity index (χ3v) is 6.52. The minimum absolute atomic E-state index is 0.0213. The number of sulfonamides is 1. The van der Waals surface area contributed by atoms with Crippen molar-refractivity contribution < 1.29 is 21.6 Å². The Hall–Kier alpha value is -2.34. The molecule has 0 fully saturated rings. The Balaban J connectivity index is 2.38. The van der Waals surface area contributed by atoms with Crippen LogP contribution in [-0.2, 0) is 22.7 Å². The van der Waals surface area contributed by atoms with Crippen LogP contribution in [-0.4, -0.2) is 50.0 Å². The molecule has 0 atom stereocenters. The molecule has 0 radical (unpaired) electrons. The van der Waals surface area contributed by atoms with Crippen molar-refractivity contribution in [1.82, 2.24) is 14.7 Å². The molecule has 2 aromatic carbocycles. The van der Waals surface area contributed by atoms with E-state index in [-0.39, 0.29) is 33.8 Å². The minimum Gasteiger partial charge on any atom is -0.308 e. The van der Waals surface area contributed by atoms with Crippen molar-refractivity contribution in [2.75, 3.05) is 26.9 Å². The number of halogens is 3. The summed E-state index contributed by atoms with van der Waals surface area (Å²) < 4.78 is 68.2. The molecule has 172 valence electrons. The molecule has 0 aliphatic carbocycles. The SMILES string of the molecule is CSc1ccc(-c2c(-c3ccccc3S(N)(=O)=O)nn(CCN(C)C)c2C(F)(F)F)cc1. The van der Waals surface area contributed by atoms with Gasteiger partial charge in [0.2, 0.25) is 10.0 Å². The number of primary sulfonamides is 1. The summed E-state index contributed by atoms with van der Waals surface area (Å²) >= 11 is 1.46. The molecule has 6 nitrogen and oxygen atoms in total. The molecule has 0 spiro atoms.